The molecule has 1 aromatic carbocycles. The number of hydrogen-bond acceptors (Lipinski definition) is 7. The van der Waals surface area contributed by atoms with Crippen LogP contribution >= 0.6 is 0 Å². The second kappa shape index (κ2) is 14.4. The molecule has 1 aliphatic carbocycles. The van der Waals surface area contributed by atoms with Crippen LogP contribution < -0.4 is 10.2 Å². The SMILES string of the molecule is CCOC(=O)C(CC(=O)N(C)C(C)C)CC1(C(=O)N[C@H]2CCc3ccccc3N(CC(=O)OC(C)(C)C)C2=O)CCCC1. The summed E-state index contributed by atoms with van der Waals surface area (Å²) in [5, 5.41) is 3.02. The number of hydrogen-bond donors (Lipinski definition) is 1. The van der Waals surface area contributed by atoms with Crippen LogP contribution in [0, 0.1) is 11.3 Å². The van der Waals surface area contributed by atoms with E-state index in [1.165, 1.54) is 4.90 Å². The first-order valence-corrected chi connectivity index (χ1v) is 15.5. The van der Waals surface area contributed by atoms with E-state index in [1.807, 2.05) is 32.0 Å². The first-order chi connectivity index (χ1) is 20.2. The number of amides is 3. The summed E-state index contributed by atoms with van der Waals surface area (Å²) in [6.45, 7) is 10.7. The molecule has 1 aromatic rings. The zero-order valence-corrected chi connectivity index (χ0v) is 26.9. The molecule has 3 amide bonds. The highest BCUT2D eigenvalue weighted by Gasteiger charge is 2.46. The minimum absolute atomic E-state index is 0.0342. The predicted molar refractivity (Wildman–Crippen MR) is 163 cm³/mol. The molecule has 1 aliphatic heterocycles. The highest BCUT2D eigenvalue weighted by molar-refractivity contribution is 6.03. The maximum atomic E-state index is 14.1. The van der Waals surface area contributed by atoms with Crippen molar-refractivity contribution in [1.29, 1.82) is 0 Å². The molecule has 3 rings (SSSR count). The zero-order chi connectivity index (χ0) is 31.9. The second-order valence-electron chi connectivity index (χ2n) is 13.1. The molecule has 43 heavy (non-hydrogen) atoms. The number of carbonyl (C=O) groups is 5. The summed E-state index contributed by atoms with van der Waals surface area (Å²) in [5.41, 5.74) is -0.0963. The summed E-state index contributed by atoms with van der Waals surface area (Å²) in [4.78, 5) is 69.9. The molecule has 1 heterocycles. The van der Waals surface area contributed by atoms with Gasteiger partial charge in [-0.05, 0) is 85.3 Å². The van der Waals surface area contributed by atoms with Crippen molar-refractivity contribution in [3.63, 3.8) is 0 Å². The number of benzene rings is 1. The maximum absolute atomic E-state index is 14.1. The van der Waals surface area contributed by atoms with Gasteiger partial charge in [-0.2, -0.15) is 0 Å². The number of anilines is 1. The van der Waals surface area contributed by atoms with Crippen LogP contribution in [0.3, 0.4) is 0 Å². The molecular formula is C33H49N3O7. The fourth-order valence-electron chi connectivity index (χ4n) is 6.02. The van der Waals surface area contributed by atoms with Gasteiger partial charge in [0.2, 0.25) is 17.7 Å². The average molecular weight is 600 g/mol. The molecule has 10 nitrogen and oxygen atoms in total. The minimum atomic E-state index is -0.913. The number of carbonyl (C=O) groups excluding carboxylic acids is 5. The first kappa shape index (κ1) is 34.1. The quantitative estimate of drug-likeness (QED) is 0.379. The van der Waals surface area contributed by atoms with E-state index >= 15 is 0 Å². The molecule has 238 valence electrons. The van der Waals surface area contributed by atoms with Crippen LogP contribution in [0.2, 0.25) is 0 Å². The Bertz CT molecular complexity index is 1180. The summed E-state index contributed by atoms with van der Waals surface area (Å²) < 4.78 is 10.9. The second-order valence-corrected chi connectivity index (χ2v) is 13.1. The van der Waals surface area contributed by atoms with E-state index in [0.29, 0.717) is 31.4 Å². The molecule has 1 saturated carbocycles. The Morgan fingerprint density at radius 2 is 1.77 bits per heavy atom. The molecule has 1 unspecified atom stereocenters. The summed E-state index contributed by atoms with van der Waals surface area (Å²) in [6.07, 6.45) is 3.71. The number of nitrogens with zero attached hydrogens (tertiary/aromatic N) is 2. The van der Waals surface area contributed by atoms with Gasteiger partial charge < -0.3 is 19.7 Å². The maximum Gasteiger partial charge on any atom is 0.326 e. The fourth-order valence-corrected chi connectivity index (χ4v) is 6.02. The Hall–Kier alpha value is -3.43. The normalized spacial score (nSPS) is 18.8. The lowest BCUT2D eigenvalue weighted by atomic mass is 9.75. The molecular weight excluding hydrogens is 550 g/mol. The minimum Gasteiger partial charge on any atom is -0.466 e. The number of aryl methyl sites for hydroxylation is 1. The molecule has 0 bridgehead atoms. The van der Waals surface area contributed by atoms with E-state index in [9.17, 15) is 24.0 Å². The van der Waals surface area contributed by atoms with E-state index in [2.05, 4.69) is 5.32 Å². The largest absolute Gasteiger partial charge is 0.466 e. The number of esters is 2. The van der Waals surface area contributed by atoms with Crippen LogP contribution in [0.25, 0.3) is 0 Å². The van der Waals surface area contributed by atoms with Crippen molar-refractivity contribution in [2.75, 3.05) is 25.1 Å². The third-order valence-electron chi connectivity index (χ3n) is 8.45. The van der Waals surface area contributed by atoms with Gasteiger partial charge in [0.25, 0.3) is 0 Å². The van der Waals surface area contributed by atoms with Gasteiger partial charge in [0, 0.05) is 25.2 Å². The topological polar surface area (TPSA) is 122 Å². The van der Waals surface area contributed by atoms with Gasteiger partial charge in [-0.3, -0.25) is 28.9 Å². The Kier molecular flexibility index (Phi) is 11.4. The third kappa shape index (κ3) is 8.80. The summed E-state index contributed by atoms with van der Waals surface area (Å²) in [7, 11) is 1.70. The highest BCUT2D eigenvalue weighted by atomic mass is 16.6. The average Bonchev–Trinajstić information content (AvgIpc) is 3.37. The number of nitrogens with one attached hydrogen (secondary N) is 1. The molecule has 0 saturated heterocycles. The lowest BCUT2D eigenvalue weighted by molar-refractivity contribution is -0.154. The van der Waals surface area contributed by atoms with Crippen molar-refractivity contribution in [2.24, 2.45) is 11.3 Å². The van der Waals surface area contributed by atoms with Crippen molar-refractivity contribution in [1.82, 2.24) is 10.2 Å². The standard InChI is InChI=1S/C33H49N3O7/c1-8-42-30(40)24(19-27(37)35(7)22(2)3)20-33(17-11-12-18-33)31(41)34-25-16-15-23-13-9-10-14-26(23)36(29(25)39)21-28(38)43-32(4,5)6/h9-10,13-14,22,24-25H,8,11-12,15-21H2,1-7H3,(H,34,41)/t24?,25-/m0/s1. The summed E-state index contributed by atoms with van der Waals surface area (Å²) >= 11 is 0. The summed E-state index contributed by atoms with van der Waals surface area (Å²) in [6, 6.07) is 6.52. The molecule has 0 spiro atoms. The van der Waals surface area contributed by atoms with Crippen LogP contribution in [0.15, 0.2) is 24.3 Å². The highest BCUT2D eigenvalue weighted by Crippen LogP contribution is 2.45. The van der Waals surface area contributed by atoms with E-state index in [0.717, 1.165) is 18.4 Å². The van der Waals surface area contributed by atoms with E-state index in [1.54, 1.807) is 45.7 Å². The Morgan fingerprint density at radius 3 is 2.37 bits per heavy atom. The lowest BCUT2D eigenvalue weighted by Crippen LogP contribution is -2.53. The van der Waals surface area contributed by atoms with Crippen LogP contribution in [-0.4, -0.2) is 72.4 Å². The number of para-hydroxylation sites is 1. The van der Waals surface area contributed by atoms with Crippen molar-refractivity contribution >= 4 is 35.3 Å². The molecule has 1 N–H and O–H groups in total. The van der Waals surface area contributed by atoms with Crippen LogP contribution in [-0.2, 0) is 39.9 Å². The Labute approximate surface area is 255 Å². The molecule has 0 radical (unpaired) electrons. The van der Waals surface area contributed by atoms with Gasteiger partial charge in [0.1, 0.15) is 18.2 Å². The Morgan fingerprint density at radius 1 is 1.12 bits per heavy atom. The van der Waals surface area contributed by atoms with Crippen LogP contribution in [0.1, 0.15) is 92.1 Å². The van der Waals surface area contributed by atoms with Gasteiger partial charge >= 0.3 is 11.9 Å². The van der Waals surface area contributed by atoms with Gasteiger partial charge in [0.15, 0.2) is 0 Å². The van der Waals surface area contributed by atoms with Crippen LogP contribution in [0.5, 0.6) is 0 Å². The van der Waals surface area contributed by atoms with Gasteiger partial charge in [0.05, 0.1) is 17.9 Å². The monoisotopic (exact) mass is 599 g/mol. The molecule has 0 aromatic heterocycles. The third-order valence-corrected chi connectivity index (χ3v) is 8.45. The van der Waals surface area contributed by atoms with Crippen molar-refractivity contribution < 1.29 is 33.4 Å². The van der Waals surface area contributed by atoms with E-state index in [-0.39, 0.29) is 49.8 Å². The predicted octanol–water partition coefficient (Wildman–Crippen LogP) is 4.18. The Balaban J connectivity index is 1.86. The van der Waals surface area contributed by atoms with Gasteiger partial charge in [-0.25, -0.2) is 0 Å². The number of fused-ring (bicyclic) bond motifs is 1. The number of ether oxygens (including phenoxy) is 2. The van der Waals surface area contributed by atoms with Crippen molar-refractivity contribution in [2.45, 2.75) is 111 Å². The lowest BCUT2D eigenvalue weighted by Gasteiger charge is -2.34. The summed E-state index contributed by atoms with van der Waals surface area (Å²) in [5.74, 6) is -2.68. The molecule has 1 fully saturated rings. The van der Waals surface area contributed by atoms with Crippen molar-refractivity contribution in [3.05, 3.63) is 29.8 Å². The van der Waals surface area contributed by atoms with E-state index in [4.69, 9.17) is 9.47 Å². The smallest absolute Gasteiger partial charge is 0.326 e. The molecule has 2 aliphatic rings. The molecule has 10 heteroatoms. The molecule has 2 atom stereocenters. The van der Waals surface area contributed by atoms with Gasteiger partial charge in [-0.1, -0.05) is 31.0 Å². The van der Waals surface area contributed by atoms with Crippen LogP contribution in [0.4, 0.5) is 5.69 Å². The number of rotatable bonds is 11. The van der Waals surface area contributed by atoms with Crippen molar-refractivity contribution in [3.8, 4) is 0 Å². The van der Waals surface area contributed by atoms with Gasteiger partial charge in [-0.15, -0.1) is 0 Å². The zero-order valence-electron chi connectivity index (χ0n) is 26.9. The van der Waals surface area contributed by atoms with E-state index < -0.39 is 34.9 Å². The fraction of sp³-hybridized carbons (Fsp3) is 0.667. The first-order valence-electron chi connectivity index (χ1n) is 15.5.